The van der Waals surface area contributed by atoms with Gasteiger partial charge in [0.25, 0.3) is 0 Å². The van der Waals surface area contributed by atoms with Crippen molar-refractivity contribution in [3.8, 4) is 0 Å². The van der Waals surface area contributed by atoms with Gasteiger partial charge in [-0.15, -0.1) is 0 Å². The highest BCUT2D eigenvalue weighted by Crippen LogP contribution is 2.51. The number of nitrogen functional groups attached to an aromatic ring is 4. The van der Waals surface area contributed by atoms with Crippen molar-refractivity contribution in [2.75, 3.05) is 101 Å². The van der Waals surface area contributed by atoms with Gasteiger partial charge in [0.15, 0.2) is 22.9 Å². The number of hydrogen-bond donors (Lipinski definition) is 8. The molecule has 0 amide bonds. The van der Waals surface area contributed by atoms with Crippen LogP contribution in [0.15, 0.2) is 59.4 Å². The van der Waals surface area contributed by atoms with Crippen molar-refractivity contribution < 1.29 is 61.7 Å². The molecule has 2 aliphatic heterocycles. The quantitative estimate of drug-likeness (QED) is 0.0601. The molecule has 0 saturated carbocycles. The first-order valence-corrected chi connectivity index (χ1v) is 32.5. The van der Waals surface area contributed by atoms with Crippen LogP contribution >= 0.6 is 37.4 Å². The molecule has 408 valence electrons. The molecule has 0 bridgehead atoms. The predicted octanol–water partition coefficient (Wildman–Crippen LogP) is 0.212. The Morgan fingerprint density at radius 1 is 0.703 bits per heavy atom. The van der Waals surface area contributed by atoms with Gasteiger partial charge in [0, 0.05) is 39.2 Å². The Balaban J connectivity index is 0.000000183. The van der Waals surface area contributed by atoms with Crippen LogP contribution in [0.3, 0.4) is 0 Å². The second-order valence-electron chi connectivity index (χ2n) is 17.1. The Hall–Kier alpha value is -4.92. The highest BCUT2D eigenvalue weighted by atomic mass is 31.8. The van der Waals surface area contributed by atoms with Gasteiger partial charge in [0.2, 0.25) is 22.1 Å². The van der Waals surface area contributed by atoms with Crippen LogP contribution in [0.4, 0.5) is 23.3 Å². The fourth-order valence-electron chi connectivity index (χ4n) is 6.28. The minimum absolute atomic E-state index is 0.0304. The Morgan fingerprint density at radius 3 is 1.59 bits per heavy atom. The van der Waals surface area contributed by atoms with Gasteiger partial charge in [-0.05, 0) is 18.8 Å². The monoisotopic (exact) mass is 1140 g/mol. The Labute approximate surface area is 424 Å². The number of ether oxygens (including phenoxy) is 4. The van der Waals surface area contributed by atoms with Crippen LogP contribution in [-0.4, -0.2) is 181 Å². The van der Waals surface area contributed by atoms with E-state index in [0.717, 1.165) is 6.66 Å². The summed E-state index contributed by atoms with van der Waals surface area (Å²) in [7, 11) is -5.61. The molecule has 2 saturated heterocycles. The van der Waals surface area contributed by atoms with Crippen molar-refractivity contribution >= 4 is 83.0 Å². The van der Waals surface area contributed by atoms with E-state index in [1.54, 1.807) is 29.8 Å². The van der Waals surface area contributed by atoms with Gasteiger partial charge in [-0.2, -0.15) is 9.97 Å². The molecule has 36 heteroatoms. The van der Waals surface area contributed by atoms with Gasteiger partial charge in [-0.3, -0.25) is 22.8 Å². The lowest BCUT2D eigenvalue weighted by molar-refractivity contribution is 0.00508. The molecule has 0 aliphatic carbocycles. The van der Waals surface area contributed by atoms with E-state index in [-0.39, 0.29) is 80.7 Å². The molecule has 4 unspecified atom stereocenters. The summed E-state index contributed by atoms with van der Waals surface area (Å²) >= 11 is 0. The smallest absolute Gasteiger partial charge is 0.349 e. The van der Waals surface area contributed by atoms with Crippen LogP contribution in [0.25, 0.3) is 22.3 Å². The van der Waals surface area contributed by atoms with Crippen molar-refractivity contribution in [2.24, 2.45) is 0 Å². The number of aliphatic hydroxyl groups excluding tert-OH is 2. The van der Waals surface area contributed by atoms with E-state index >= 15 is 0 Å². The summed E-state index contributed by atoms with van der Waals surface area (Å²) < 4.78 is 72.4. The van der Waals surface area contributed by atoms with Crippen molar-refractivity contribution in [3.05, 3.63) is 70.8 Å². The van der Waals surface area contributed by atoms with Crippen molar-refractivity contribution in [1.29, 1.82) is 0 Å². The first kappa shape index (κ1) is 60.0. The molecule has 8 rings (SSSR count). The predicted molar refractivity (Wildman–Crippen MR) is 277 cm³/mol. The lowest BCUT2D eigenvalue weighted by Crippen LogP contribution is -2.34. The number of aromatic nitrogens is 12. The summed E-state index contributed by atoms with van der Waals surface area (Å²) in [6.07, 6.45) is 7.20. The van der Waals surface area contributed by atoms with Crippen LogP contribution in [0.1, 0.15) is 0 Å². The number of nitrogens with zero attached hydrogens (tertiary/aromatic N) is 12. The molecule has 74 heavy (non-hydrogen) atoms. The molecule has 31 nitrogen and oxygen atoms in total. The summed E-state index contributed by atoms with van der Waals surface area (Å²) in [4.78, 5) is 72.6. The molecule has 8 heterocycles. The largest absolute Gasteiger partial charge is 0.394 e. The number of rotatable bonds is 16. The van der Waals surface area contributed by atoms with E-state index in [4.69, 9.17) is 60.9 Å². The molecule has 12 N–H and O–H groups in total. The van der Waals surface area contributed by atoms with Crippen LogP contribution in [0.2, 0.25) is 0 Å². The number of imidazole rings is 2. The standard InChI is InChI=1S/C10H16N5O4P.C10H14N5O3P.C9H16N3O5P.C9H15N3O3P2/c1-20(17,18)6-19-7(3-16)2-15-5-14-8-9(11)12-4-13-10(8)15;1-19(16)6-17-7(3-18-19)2-15-5-14-8-9(11)12-4-13-10(8)15;1-18(15,16)6-17-7(5-13)4-12-3-2-8(10)11-9(12)14;1-17(16)6-14-7(5-15-17)4-12-3-2-8(10)11-9(12)13/h4-5,7,16H,2-3,6H2,1H3,(H,17,18)(H2,11,12,13);4-5,7H,2-3,6H2,1H3,(H2,11,12,13);2-3,7,13H,4-6H2,1H3,(H,15,16)(H2,10,11,14);2-3,7,16H,4-6H2,1H3,(H2,10,11,13)/t7-;7-,19?;7-;7-,17?/m0000/s1. The summed E-state index contributed by atoms with van der Waals surface area (Å²) in [6.45, 7) is 5.71. The third-order valence-corrected chi connectivity index (χ3v) is 14.6. The third-order valence-electron chi connectivity index (χ3n) is 9.94. The maximum absolute atomic E-state index is 11.6. The fraction of sp³-hybridized carbons (Fsp3) is 0.526. The van der Waals surface area contributed by atoms with Gasteiger partial charge in [0.1, 0.15) is 54.4 Å². The topological polar surface area (TPSA) is 449 Å². The van der Waals surface area contributed by atoms with Gasteiger partial charge >= 0.3 is 11.4 Å². The molecule has 2 fully saturated rings. The normalized spacial score (nSPS) is 22.1. The van der Waals surface area contributed by atoms with E-state index in [9.17, 15) is 33.3 Å². The number of anilines is 4. The van der Waals surface area contributed by atoms with Crippen LogP contribution in [0, 0.1) is 0 Å². The van der Waals surface area contributed by atoms with Crippen LogP contribution in [0.5, 0.6) is 0 Å². The minimum atomic E-state index is -3.31. The second kappa shape index (κ2) is 26.7. The first-order valence-electron chi connectivity index (χ1n) is 21.9. The summed E-state index contributed by atoms with van der Waals surface area (Å²) in [5.74, 6) is 0.947. The van der Waals surface area contributed by atoms with E-state index in [1.807, 2.05) is 11.2 Å². The molecule has 0 spiro atoms. The lowest BCUT2D eigenvalue weighted by atomic mass is 10.3. The molecular formula is C38H61N16O15P5. The molecule has 0 radical (unpaired) electrons. The van der Waals surface area contributed by atoms with E-state index in [2.05, 4.69) is 48.4 Å². The van der Waals surface area contributed by atoms with Crippen LogP contribution in [-0.2, 0) is 67.9 Å². The minimum Gasteiger partial charge on any atom is -0.394 e. The van der Waals surface area contributed by atoms with Gasteiger partial charge in [-0.25, -0.2) is 39.5 Å². The average molecular weight is 1140 g/mol. The zero-order valence-corrected chi connectivity index (χ0v) is 45.2. The van der Waals surface area contributed by atoms with Crippen molar-refractivity contribution in [2.45, 2.75) is 50.6 Å². The lowest BCUT2D eigenvalue weighted by Gasteiger charge is -2.30. The SMILES string of the molecule is CP(=O)(O)CO[C@H](CO)Cn1ccc(N)nc1=O.CP(=O)(O)CO[C@H](CO)Cn1cnc2c(N)ncnc21.CP1(=O)CO[C@@H](Cn2cnc3c(N)ncnc32)CO1.CP1(=P)CO[C@@H](Cn2ccc(N)nc2=O)CO1. The zero-order chi connectivity index (χ0) is 54.4. The van der Waals surface area contributed by atoms with Crippen LogP contribution < -0.4 is 34.3 Å². The fourth-order valence-corrected chi connectivity index (χ4v) is 9.80. The highest BCUT2D eigenvalue weighted by Gasteiger charge is 2.28. The average Bonchev–Trinajstić information content (AvgIpc) is 3.94. The number of fused-ring (bicyclic) bond motifs is 2. The second-order valence-corrected chi connectivity index (χ2v) is 29.9. The Bertz CT molecular complexity index is 3110. The number of nitrogens with two attached hydrogens (primary N) is 4. The summed E-state index contributed by atoms with van der Waals surface area (Å²) in [6, 6.07) is 3.03. The van der Waals surface area contributed by atoms with E-state index < -0.39 is 46.8 Å². The number of aliphatic hydroxyl groups is 2. The maximum Gasteiger partial charge on any atom is 0.349 e. The molecule has 6 aromatic heterocycles. The van der Waals surface area contributed by atoms with E-state index in [0.29, 0.717) is 60.8 Å². The van der Waals surface area contributed by atoms with E-state index in [1.165, 1.54) is 47.0 Å². The van der Waals surface area contributed by atoms with Crippen molar-refractivity contribution in [3.63, 3.8) is 0 Å². The third kappa shape index (κ3) is 19.3. The molecule has 8 atom stereocenters. The molecule has 6 aromatic rings. The molecule has 0 aromatic carbocycles. The first-order chi connectivity index (χ1) is 34.7. The van der Waals surface area contributed by atoms with Crippen molar-refractivity contribution in [1.82, 2.24) is 58.1 Å². The molecular weight excluding hydrogens is 1080 g/mol. The summed E-state index contributed by atoms with van der Waals surface area (Å²) in [5, 5.41) is 18.3. The highest BCUT2D eigenvalue weighted by molar-refractivity contribution is 7.95. The van der Waals surface area contributed by atoms with Gasteiger partial charge in [-0.1, -0.05) is 8.53 Å². The molecule has 2 aliphatic rings. The Morgan fingerprint density at radius 2 is 1.15 bits per heavy atom. The maximum atomic E-state index is 11.6. The van der Waals surface area contributed by atoms with Gasteiger partial charge < -0.3 is 80.1 Å². The summed E-state index contributed by atoms with van der Waals surface area (Å²) in [5.41, 5.74) is 23.4. The zero-order valence-electron chi connectivity index (χ0n) is 40.7. The van der Waals surface area contributed by atoms with Gasteiger partial charge in [0.05, 0.1) is 96.0 Å². The number of hydrogen-bond acceptors (Lipinski definition) is 25. The Kier molecular flexibility index (Phi) is 21.6.